The molecule has 0 radical (unpaired) electrons. The van der Waals surface area contributed by atoms with Crippen molar-refractivity contribution in [3.05, 3.63) is 41.2 Å². The van der Waals surface area contributed by atoms with Crippen LogP contribution in [-0.4, -0.2) is 52.7 Å². The van der Waals surface area contributed by atoms with Gasteiger partial charge in [-0.05, 0) is 37.0 Å². The summed E-state index contributed by atoms with van der Waals surface area (Å²) in [5, 5.41) is 6.21. The first-order valence-corrected chi connectivity index (χ1v) is 12.1. The number of halogens is 1. The molecule has 162 valence electrons. The second kappa shape index (κ2) is 12.7. The van der Waals surface area contributed by atoms with Crippen LogP contribution >= 0.6 is 35.1 Å². The molecule has 0 aliphatic heterocycles. The van der Waals surface area contributed by atoms with Crippen LogP contribution in [0.5, 0.6) is 5.75 Å². The van der Waals surface area contributed by atoms with Crippen LogP contribution in [0.4, 0.5) is 5.69 Å². The maximum absolute atomic E-state index is 12.8. The number of carbonyl (C=O) groups excluding carboxylic acids is 2. The number of amides is 2. The zero-order valence-electron chi connectivity index (χ0n) is 17.1. The molecule has 2 rings (SSSR count). The largest absolute Gasteiger partial charge is 0.497 e. The Kier molecular flexibility index (Phi) is 10.3. The van der Waals surface area contributed by atoms with Gasteiger partial charge >= 0.3 is 0 Å². The second-order valence-electron chi connectivity index (χ2n) is 6.23. The number of anilines is 1. The topological polar surface area (TPSA) is 93.2 Å². The molecule has 1 unspecified atom stereocenters. The second-order valence-corrected chi connectivity index (χ2v) is 8.68. The molecule has 2 N–H and O–H groups in total. The van der Waals surface area contributed by atoms with Crippen molar-refractivity contribution < 1.29 is 14.3 Å². The summed E-state index contributed by atoms with van der Waals surface area (Å²) >= 11 is 9.18. The Morgan fingerprint density at radius 3 is 2.80 bits per heavy atom. The normalized spacial score (nSPS) is 11.6. The van der Waals surface area contributed by atoms with E-state index >= 15 is 0 Å². The maximum Gasteiger partial charge on any atom is 0.272 e. The highest BCUT2D eigenvalue weighted by Gasteiger charge is 2.24. The lowest BCUT2D eigenvalue weighted by Crippen LogP contribution is -2.44. The highest BCUT2D eigenvalue weighted by Crippen LogP contribution is 2.20. The fourth-order valence-corrected chi connectivity index (χ4v) is 3.75. The molecule has 0 bridgehead atoms. The van der Waals surface area contributed by atoms with E-state index in [-0.39, 0.29) is 16.6 Å². The third-order valence-corrected chi connectivity index (χ3v) is 5.93. The van der Waals surface area contributed by atoms with Crippen LogP contribution in [0.1, 0.15) is 30.3 Å². The smallest absolute Gasteiger partial charge is 0.272 e. The fraction of sp³-hybridized carbons (Fsp3) is 0.400. The van der Waals surface area contributed by atoms with Gasteiger partial charge in [0.05, 0.1) is 18.3 Å². The highest BCUT2D eigenvalue weighted by atomic mass is 35.5. The first-order chi connectivity index (χ1) is 14.5. The van der Waals surface area contributed by atoms with E-state index in [2.05, 4.69) is 20.6 Å². The lowest BCUT2D eigenvalue weighted by Gasteiger charge is -2.18. The predicted octanol–water partition coefficient (Wildman–Crippen LogP) is 4.13. The molecule has 0 saturated heterocycles. The lowest BCUT2D eigenvalue weighted by atomic mass is 10.2. The third-order valence-electron chi connectivity index (χ3n) is 3.94. The monoisotopic (exact) mass is 468 g/mol. The quantitative estimate of drug-likeness (QED) is 0.378. The van der Waals surface area contributed by atoms with E-state index in [0.29, 0.717) is 28.8 Å². The van der Waals surface area contributed by atoms with Crippen molar-refractivity contribution in [2.24, 2.45) is 0 Å². The van der Waals surface area contributed by atoms with Crippen LogP contribution in [0.15, 0.2) is 35.6 Å². The van der Waals surface area contributed by atoms with E-state index in [1.165, 1.54) is 18.0 Å². The van der Waals surface area contributed by atoms with Gasteiger partial charge in [-0.3, -0.25) is 9.59 Å². The number of rotatable bonds is 11. The molecular weight excluding hydrogens is 444 g/mol. The number of hydrogen-bond acceptors (Lipinski definition) is 7. The Labute approximate surface area is 190 Å². The van der Waals surface area contributed by atoms with Crippen molar-refractivity contribution in [1.29, 1.82) is 0 Å². The number of methoxy groups -OCH3 is 1. The number of benzene rings is 1. The summed E-state index contributed by atoms with van der Waals surface area (Å²) in [5.74, 6) is 1.33. The number of nitrogens with zero attached hydrogens (tertiary/aromatic N) is 2. The summed E-state index contributed by atoms with van der Waals surface area (Å²) in [4.78, 5) is 34.1. The first-order valence-electron chi connectivity index (χ1n) is 9.38. The Morgan fingerprint density at radius 2 is 2.10 bits per heavy atom. The molecular formula is C20H25ClN4O3S2. The van der Waals surface area contributed by atoms with Crippen LogP contribution in [0.25, 0.3) is 0 Å². The molecule has 0 aliphatic rings. The Bertz CT molecular complexity index is 870. The molecule has 10 heteroatoms. The van der Waals surface area contributed by atoms with Crippen molar-refractivity contribution in [2.45, 2.75) is 31.0 Å². The van der Waals surface area contributed by atoms with Crippen molar-refractivity contribution in [2.75, 3.05) is 30.2 Å². The highest BCUT2D eigenvalue weighted by molar-refractivity contribution is 7.99. The number of nitrogens with one attached hydrogen (secondary N) is 2. The van der Waals surface area contributed by atoms with E-state index in [0.717, 1.165) is 12.2 Å². The molecule has 1 atom stereocenters. The number of ether oxygens (including phenoxy) is 1. The van der Waals surface area contributed by atoms with Crippen molar-refractivity contribution in [3.63, 3.8) is 0 Å². The number of aromatic nitrogens is 2. The van der Waals surface area contributed by atoms with Crippen molar-refractivity contribution in [1.82, 2.24) is 15.3 Å². The summed E-state index contributed by atoms with van der Waals surface area (Å²) in [6.45, 7) is 2.05. The summed E-state index contributed by atoms with van der Waals surface area (Å²) in [6, 6.07) is 6.29. The van der Waals surface area contributed by atoms with E-state index in [1.54, 1.807) is 43.1 Å². The molecule has 1 aromatic heterocycles. The number of hydrogen-bond donors (Lipinski definition) is 2. The van der Waals surface area contributed by atoms with Gasteiger partial charge < -0.3 is 15.4 Å². The molecule has 1 aromatic carbocycles. The summed E-state index contributed by atoms with van der Waals surface area (Å²) in [6.07, 6.45) is 4.77. The Hall–Kier alpha value is -1.97. The molecule has 30 heavy (non-hydrogen) atoms. The standard InChI is InChI=1S/C20H25ClN4O3S2/c1-4-9-30-20-22-12-15(21)17(25-20)19(27)24-16(8-10-29-3)18(26)23-13-6-5-7-14(11-13)28-2/h5-7,11-12,16H,4,8-10H2,1-3H3,(H,23,26)(H,24,27). The maximum atomic E-state index is 12.8. The van der Waals surface area contributed by atoms with E-state index < -0.39 is 11.9 Å². The van der Waals surface area contributed by atoms with Crippen molar-refractivity contribution >= 4 is 52.6 Å². The molecule has 0 aliphatic carbocycles. The van der Waals surface area contributed by atoms with Crippen LogP contribution in [0, 0.1) is 0 Å². The SMILES string of the molecule is CCCSc1ncc(Cl)c(C(=O)NC(CCSC)C(=O)Nc2cccc(OC)c2)n1. The molecule has 0 fully saturated rings. The van der Waals surface area contributed by atoms with Gasteiger partial charge in [-0.25, -0.2) is 9.97 Å². The molecule has 0 spiro atoms. The summed E-state index contributed by atoms with van der Waals surface area (Å²) in [7, 11) is 1.56. The van der Waals surface area contributed by atoms with Crippen LogP contribution in [0.3, 0.4) is 0 Å². The molecule has 1 heterocycles. The Morgan fingerprint density at radius 1 is 1.30 bits per heavy atom. The molecule has 0 saturated carbocycles. The van der Waals surface area contributed by atoms with Crippen LogP contribution < -0.4 is 15.4 Å². The van der Waals surface area contributed by atoms with Gasteiger partial charge in [0.2, 0.25) is 5.91 Å². The van der Waals surface area contributed by atoms with Gasteiger partial charge in [-0.1, -0.05) is 36.4 Å². The Balaban J connectivity index is 2.14. The van der Waals surface area contributed by atoms with Gasteiger partial charge in [0.1, 0.15) is 11.8 Å². The number of carbonyl (C=O) groups is 2. The fourth-order valence-electron chi connectivity index (χ4n) is 2.43. The van der Waals surface area contributed by atoms with E-state index in [9.17, 15) is 9.59 Å². The van der Waals surface area contributed by atoms with Crippen molar-refractivity contribution in [3.8, 4) is 5.75 Å². The average Bonchev–Trinajstić information content (AvgIpc) is 2.75. The average molecular weight is 469 g/mol. The summed E-state index contributed by atoms with van der Waals surface area (Å²) < 4.78 is 5.18. The zero-order chi connectivity index (χ0) is 21.9. The third kappa shape index (κ3) is 7.37. The van der Waals surface area contributed by atoms with Gasteiger partial charge in [0, 0.05) is 17.5 Å². The van der Waals surface area contributed by atoms with Gasteiger partial charge in [-0.15, -0.1) is 0 Å². The van der Waals surface area contributed by atoms with E-state index in [1.807, 2.05) is 13.2 Å². The predicted molar refractivity (Wildman–Crippen MR) is 124 cm³/mol. The van der Waals surface area contributed by atoms with Crippen LogP contribution in [0.2, 0.25) is 5.02 Å². The van der Waals surface area contributed by atoms with Gasteiger partial charge in [-0.2, -0.15) is 11.8 Å². The van der Waals surface area contributed by atoms with Gasteiger partial charge in [0.25, 0.3) is 5.91 Å². The first kappa shape index (κ1) is 24.3. The molecule has 7 nitrogen and oxygen atoms in total. The minimum Gasteiger partial charge on any atom is -0.497 e. The minimum atomic E-state index is -0.742. The summed E-state index contributed by atoms with van der Waals surface area (Å²) in [5.41, 5.74) is 0.648. The van der Waals surface area contributed by atoms with Crippen LogP contribution in [-0.2, 0) is 4.79 Å². The number of thioether (sulfide) groups is 2. The molecule has 2 amide bonds. The minimum absolute atomic E-state index is 0.0635. The lowest BCUT2D eigenvalue weighted by molar-refractivity contribution is -0.118. The van der Waals surface area contributed by atoms with E-state index in [4.69, 9.17) is 16.3 Å². The molecule has 2 aromatic rings. The van der Waals surface area contributed by atoms with Gasteiger partial charge in [0.15, 0.2) is 10.9 Å². The zero-order valence-corrected chi connectivity index (χ0v) is 19.5.